The van der Waals surface area contributed by atoms with Gasteiger partial charge in [-0.1, -0.05) is 0 Å². The SMILES string of the molecule is O=C(O)CC[C@H](NC(=O)N[C@@H](CCCCNC(=O)c1cncc([125I])c1)C(=O)O)C(=O)O. The molecule has 0 unspecified atom stereocenters. The first-order valence-electron chi connectivity index (χ1n) is 9.23. The van der Waals surface area contributed by atoms with Crippen LogP contribution in [0.15, 0.2) is 18.5 Å². The third-order valence-electron chi connectivity index (χ3n) is 4.03. The van der Waals surface area contributed by atoms with Crippen LogP contribution in [0.5, 0.6) is 0 Å². The molecule has 2 atom stereocenters. The van der Waals surface area contributed by atoms with Gasteiger partial charge in [-0.25, -0.2) is 14.4 Å². The quantitative estimate of drug-likeness (QED) is 0.152. The highest BCUT2D eigenvalue weighted by atomic mass is 125. The van der Waals surface area contributed by atoms with E-state index in [1.54, 1.807) is 12.3 Å². The summed E-state index contributed by atoms with van der Waals surface area (Å²) in [5, 5.41) is 33.8. The highest BCUT2D eigenvalue weighted by molar-refractivity contribution is 14.1. The number of rotatable bonds is 13. The van der Waals surface area contributed by atoms with Crippen LogP contribution in [0.4, 0.5) is 4.79 Å². The molecule has 0 aliphatic rings. The van der Waals surface area contributed by atoms with Crippen LogP contribution in [0.1, 0.15) is 42.5 Å². The molecule has 6 N–H and O–H groups in total. The summed E-state index contributed by atoms with van der Waals surface area (Å²) < 4.78 is 0.812. The fraction of sp³-hybridized carbons (Fsp3) is 0.444. The van der Waals surface area contributed by atoms with Gasteiger partial charge in [0.1, 0.15) is 12.1 Å². The van der Waals surface area contributed by atoms with Crippen molar-refractivity contribution >= 4 is 52.4 Å². The number of unbranched alkanes of at least 4 members (excludes halogenated alkanes) is 1. The molecule has 1 rings (SSSR count). The van der Waals surface area contributed by atoms with Crippen LogP contribution >= 0.6 is 22.6 Å². The second-order valence-electron chi connectivity index (χ2n) is 6.48. The van der Waals surface area contributed by atoms with Gasteiger partial charge in [0.05, 0.1) is 5.56 Å². The molecular weight excluding hydrogens is 525 g/mol. The summed E-state index contributed by atoms with van der Waals surface area (Å²) in [4.78, 5) is 60.8. The highest BCUT2D eigenvalue weighted by Gasteiger charge is 2.24. The van der Waals surface area contributed by atoms with Crippen LogP contribution in [-0.4, -0.2) is 68.8 Å². The van der Waals surface area contributed by atoms with Crippen molar-refractivity contribution < 1.29 is 39.3 Å². The van der Waals surface area contributed by atoms with Crippen LogP contribution in [0.3, 0.4) is 0 Å². The molecule has 0 fully saturated rings. The average molecular weight is 548 g/mol. The number of carboxylic acids is 3. The Kier molecular flexibility index (Phi) is 11.2. The number of aromatic nitrogens is 1. The Morgan fingerprint density at radius 1 is 0.935 bits per heavy atom. The fourth-order valence-electron chi connectivity index (χ4n) is 2.45. The number of pyridine rings is 1. The number of aliphatic carboxylic acids is 3. The molecule has 0 aliphatic heterocycles. The van der Waals surface area contributed by atoms with Gasteiger partial charge in [-0.15, -0.1) is 0 Å². The molecule has 13 heteroatoms. The molecule has 31 heavy (non-hydrogen) atoms. The number of carboxylic acid groups (broad SMARTS) is 3. The van der Waals surface area contributed by atoms with Gasteiger partial charge in [0.2, 0.25) is 0 Å². The van der Waals surface area contributed by atoms with Gasteiger partial charge in [-0.3, -0.25) is 14.6 Å². The molecular formula is C18H23IN4O8. The van der Waals surface area contributed by atoms with Crippen LogP contribution < -0.4 is 16.0 Å². The first kappa shape index (κ1) is 26.1. The predicted molar refractivity (Wildman–Crippen MR) is 115 cm³/mol. The monoisotopic (exact) mass is 548 g/mol. The summed E-state index contributed by atoms with van der Waals surface area (Å²) in [6.45, 7) is 0.291. The fourth-order valence-corrected chi connectivity index (χ4v) is 2.95. The summed E-state index contributed by atoms with van der Waals surface area (Å²) in [6.07, 6.45) is 3.10. The molecule has 170 valence electrons. The first-order chi connectivity index (χ1) is 14.6. The zero-order chi connectivity index (χ0) is 23.4. The molecule has 12 nitrogen and oxygen atoms in total. The first-order valence-corrected chi connectivity index (χ1v) is 10.3. The molecule has 0 radical (unpaired) electrons. The standard InChI is InChI=1S/C18H23IN4O8/c19-11-7-10(8-20-9-11)15(26)21-6-2-1-3-12(16(27)28)22-18(31)23-13(17(29)30)4-5-14(24)25/h7-9,12-13H,1-6H2,(H,21,26)(H,24,25)(H,27,28)(H,29,30)(H2,22,23,31)/t12-,13-/m0/s1/i19-2. The van der Waals surface area contributed by atoms with Crippen molar-refractivity contribution in [1.29, 1.82) is 0 Å². The van der Waals surface area contributed by atoms with E-state index in [-0.39, 0.29) is 18.7 Å². The van der Waals surface area contributed by atoms with Gasteiger partial charge in [0, 0.05) is 28.9 Å². The van der Waals surface area contributed by atoms with E-state index in [2.05, 4.69) is 20.9 Å². The lowest BCUT2D eigenvalue weighted by Crippen LogP contribution is -2.51. The van der Waals surface area contributed by atoms with E-state index in [4.69, 9.17) is 10.2 Å². The summed E-state index contributed by atoms with van der Waals surface area (Å²) >= 11 is 2.03. The average Bonchev–Trinajstić information content (AvgIpc) is 2.69. The number of carbonyl (C=O) groups excluding carboxylic acids is 2. The van der Waals surface area contributed by atoms with Crippen molar-refractivity contribution in [3.05, 3.63) is 27.6 Å². The molecule has 1 aromatic heterocycles. The summed E-state index contributed by atoms with van der Waals surface area (Å²) in [5.41, 5.74) is 0.407. The molecule has 0 saturated heterocycles. The zero-order valence-corrected chi connectivity index (χ0v) is 18.5. The number of nitrogens with one attached hydrogen (secondary N) is 3. The minimum absolute atomic E-state index is 0.0519. The third-order valence-corrected chi connectivity index (χ3v) is 4.62. The number of amides is 3. The van der Waals surface area contributed by atoms with Crippen molar-refractivity contribution in [3.8, 4) is 0 Å². The molecule has 1 aromatic rings. The Morgan fingerprint density at radius 2 is 1.55 bits per heavy atom. The normalized spacial score (nSPS) is 12.3. The number of carbonyl (C=O) groups is 5. The molecule has 0 saturated carbocycles. The Morgan fingerprint density at radius 3 is 2.10 bits per heavy atom. The van der Waals surface area contributed by atoms with Crippen LogP contribution in [0, 0.1) is 3.57 Å². The van der Waals surface area contributed by atoms with Gasteiger partial charge in [0.25, 0.3) is 5.91 Å². The van der Waals surface area contributed by atoms with Crippen LogP contribution in [0.2, 0.25) is 0 Å². The summed E-state index contributed by atoms with van der Waals surface area (Å²) in [5.74, 6) is -4.26. The Balaban J connectivity index is 2.42. The number of hydrogen-bond acceptors (Lipinski definition) is 6. The number of urea groups is 1. The molecule has 3 amide bonds. The predicted octanol–water partition coefficient (Wildman–Crippen LogP) is 0.657. The second-order valence-corrected chi connectivity index (χ2v) is 7.72. The van der Waals surface area contributed by atoms with Gasteiger partial charge >= 0.3 is 23.9 Å². The maximum atomic E-state index is 12.0. The minimum atomic E-state index is -1.46. The lowest BCUT2D eigenvalue weighted by molar-refractivity contribution is -0.140. The van der Waals surface area contributed by atoms with E-state index in [1.807, 2.05) is 22.6 Å². The second kappa shape index (κ2) is 13.4. The van der Waals surface area contributed by atoms with Gasteiger partial charge in [-0.05, 0) is 54.3 Å². The van der Waals surface area contributed by atoms with E-state index in [0.717, 1.165) is 3.57 Å². The van der Waals surface area contributed by atoms with Crippen LogP contribution in [0.25, 0.3) is 0 Å². The molecule has 0 aliphatic carbocycles. The summed E-state index contributed by atoms with van der Waals surface area (Å²) in [7, 11) is 0. The summed E-state index contributed by atoms with van der Waals surface area (Å²) in [6, 6.07) is -2.09. The Bertz CT molecular complexity index is 820. The molecule has 0 bridgehead atoms. The third kappa shape index (κ3) is 10.6. The maximum absolute atomic E-state index is 12.0. The molecule has 0 spiro atoms. The lowest BCUT2D eigenvalue weighted by atomic mass is 10.1. The Labute approximate surface area is 190 Å². The van der Waals surface area contributed by atoms with Crippen molar-refractivity contribution in [3.63, 3.8) is 0 Å². The minimum Gasteiger partial charge on any atom is -0.481 e. The highest BCUT2D eigenvalue weighted by Crippen LogP contribution is 2.06. The maximum Gasteiger partial charge on any atom is 0.326 e. The van der Waals surface area contributed by atoms with E-state index in [1.165, 1.54) is 6.20 Å². The molecule has 1 heterocycles. The van der Waals surface area contributed by atoms with E-state index < -0.39 is 42.4 Å². The number of halogens is 1. The van der Waals surface area contributed by atoms with Crippen molar-refractivity contribution in [2.45, 2.75) is 44.2 Å². The molecule has 0 aromatic carbocycles. The van der Waals surface area contributed by atoms with E-state index in [0.29, 0.717) is 24.9 Å². The smallest absolute Gasteiger partial charge is 0.326 e. The largest absolute Gasteiger partial charge is 0.481 e. The van der Waals surface area contributed by atoms with E-state index in [9.17, 15) is 29.1 Å². The Hall–Kier alpha value is -2.97. The lowest BCUT2D eigenvalue weighted by Gasteiger charge is -2.18. The zero-order valence-electron chi connectivity index (χ0n) is 16.3. The van der Waals surface area contributed by atoms with Crippen molar-refractivity contribution in [2.24, 2.45) is 0 Å². The number of nitrogens with zero attached hydrogens (tertiary/aromatic N) is 1. The number of hydrogen-bond donors (Lipinski definition) is 6. The van der Waals surface area contributed by atoms with Gasteiger partial charge in [-0.2, -0.15) is 0 Å². The van der Waals surface area contributed by atoms with Gasteiger partial charge in [0.15, 0.2) is 0 Å². The van der Waals surface area contributed by atoms with Crippen molar-refractivity contribution in [2.75, 3.05) is 6.54 Å². The van der Waals surface area contributed by atoms with Crippen molar-refractivity contribution in [1.82, 2.24) is 20.9 Å². The van der Waals surface area contributed by atoms with E-state index >= 15 is 0 Å². The topological polar surface area (TPSA) is 195 Å². The van der Waals surface area contributed by atoms with Crippen LogP contribution in [-0.2, 0) is 14.4 Å². The van der Waals surface area contributed by atoms with Gasteiger partial charge < -0.3 is 31.3 Å².